The normalized spacial score (nSPS) is 10.7. The molecule has 1 amide bonds. The summed E-state index contributed by atoms with van der Waals surface area (Å²) in [5, 5.41) is 0.618. The molecule has 8 heteroatoms. The molecule has 0 aliphatic carbocycles. The summed E-state index contributed by atoms with van der Waals surface area (Å²) < 4.78 is 14.7. The lowest BCUT2D eigenvalue weighted by Gasteiger charge is -2.05. The molecule has 0 unspecified atom stereocenters. The minimum Gasteiger partial charge on any atom is -0.273 e. The van der Waals surface area contributed by atoms with Crippen LogP contribution in [0.1, 0.15) is 0 Å². The van der Waals surface area contributed by atoms with Gasteiger partial charge in [-0.15, -0.1) is 11.8 Å². The van der Waals surface area contributed by atoms with Gasteiger partial charge in [0.15, 0.2) is 0 Å². The van der Waals surface area contributed by atoms with E-state index in [1.165, 1.54) is 35.2 Å². The Morgan fingerprint density at radius 2 is 2.04 bits per heavy atom. The molecule has 0 aliphatic rings. The predicted molar refractivity (Wildman–Crippen MR) is 96.2 cm³/mol. The monoisotopic (exact) mass is 411 g/mol. The Hall–Kier alpha value is -1.64. The number of amides is 1. The van der Waals surface area contributed by atoms with Crippen molar-refractivity contribution < 1.29 is 9.18 Å². The second kappa shape index (κ2) is 7.29. The molecular weight excluding hydrogens is 401 g/mol. The molecule has 0 saturated carbocycles. The number of nitrogens with one attached hydrogen (secondary N) is 2. The molecule has 1 heterocycles. The van der Waals surface area contributed by atoms with E-state index in [2.05, 4.69) is 31.8 Å². The number of para-hydroxylation sites is 1. The third-order valence-electron chi connectivity index (χ3n) is 2.86. The molecule has 2 aromatic carbocycles. The Bertz CT molecular complexity index is 838. The highest BCUT2D eigenvalue weighted by Gasteiger charge is 2.08. The Balaban J connectivity index is 1.53. The van der Waals surface area contributed by atoms with Crippen LogP contribution < -0.4 is 10.9 Å². The van der Waals surface area contributed by atoms with Crippen LogP contribution in [0.4, 0.5) is 9.52 Å². The third kappa shape index (κ3) is 4.21. The van der Waals surface area contributed by atoms with Gasteiger partial charge < -0.3 is 0 Å². The van der Waals surface area contributed by atoms with Crippen LogP contribution in [0.25, 0.3) is 10.2 Å². The molecule has 0 atom stereocenters. The number of nitrogens with zero attached hydrogens (tertiary/aromatic N) is 1. The first kappa shape index (κ1) is 16.2. The van der Waals surface area contributed by atoms with Crippen LogP contribution in [0.5, 0.6) is 0 Å². The second-order valence-electron chi connectivity index (χ2n) is 4.52. The Morgan fingerprint density at radius 1 is 1.26 bits per heavy atom. The van der Waals surface area contributed by atoms with Crippen molar-refractivity contribution in [2.45, 2.75) is 4.90 Å². The van der Waals surface area contributed by atoms with Crippen LogP contribution in [0.2, 0.25) is 0 Å². The summed E-state index contributed by atoms with van der Waals surface area (Å²) in [6, 6.07) is 11.9. The largest absolute Gasteiger partial charge is 0.273 e. The summed E-state index contributed by atoms with van der Waals surface area (Å²) in [6.07, 6.45) is 0. The molecular formula is C15H11BrFN3OS2. The fourth-order valence-electron chi connectivity index (χ4n) is 1.81. The van der Waals surface area contributed by atoms with Gasteiger partial charge in [0.25, 0.3) is 0 Å². The predicted octanol–water partition coefficient (Wildman–Crippen LogP) is 4.43. The molecule has 0 radical (unpaired) electrons. The lowest BCUT2D eigenvalue weighted by molar-refractivity contribution is -0.118. The summed E-state index contributed by atoms with van der Waals surface area (Å²) in [7, 11) is 0. The first-order chi connectivity index (χ1) is 11.1. The molecule has 0 spiro atoms. The molecule has 23 heavy (non-hydrogen) atoms. The van der Waals surface area contributed by atoms with Gasteiger partial charge in [-0.3, -0.25) is 15.6 Å². The first-order valence-corrected chi connectivity index (χ1v) is 9.19. The fraction of sp³-hybridized carbons (Fsp3) is 0.0667. The van der Waals surface area contributed by atoms with E-state index in [1.54, 1.807) is 12.1 Å². The van der Waals surface area contributed by atoms with Gasteiger partial charge in [-0.25, -0.2) is 9.37 Å². The molecule has 4 nitrogen and oxygen atoms in total. The molecule has 0 fully saturated rings. The van der Waals surface area contributed by atoms with Gasteiger partial charge in [0, 0.05) is 9.37 Å². The summed E-state index contributed by atoms with van der Waals surface area (Å²) in [5.74, 6) is -0.243. The maximum Gasteiger partial charge on any atom is 0.248 e. The van der Waals surface area contributed by atoms with Gasteiger partial charge in [0.05, 0.1) is 16.0 Å². The molecule has 0 aliphatic heterocycles. The van der Waals surface area contributed by atoms with Gasteiger partial charge >= 0.3 is 0 Å². The number of thioether (sulfide) groups is 1. The van der Waals surface area contributed by atoms with Crippen LogP contribution >= 0.6 is 39.0 Å². The van der Waals surface area contributed by atoms with Crippen molar-refractivity contribution in [2.75, 3.05) is 11.2 Å². The Labute approximate surface area is 148 Å². The topological polar surface area (TPSA) is 54.0 Å². The van der Waals surface area contributed by atoms with E-state index < -0.39 is 0 Å². The van der Waals surface area contributed by atoms with E-state index in [1.807, 2.05) is 18.2 Å². The summed E-state index contributed by atoms with van der Waals surface area (Å²) in [5.41, 5.74) is 6.29. The van der Waals surface area contributed by atoms with Crippen molar-refractivity contribution in [2.24, 2.45) is 0 Å². The van der Waals surface area contributed by atoms with Crippen molar-refractivity contribution in [1.29, 1.82) is 0 Å². The highest BCUT2D eigenvalue weighted by atomic mass is 79.9. The van der Waals surface area contributed by atoms with Gasteiger partial charge in [-0.1, -0.05) is 17.4 Å². The Kier molecular flexibility index (Phi) is 5.14. The third-order valence-corrected chi connectivity index (χ3v) is 5.45. The zero-order chi connectivity index (χ0) is 16.2. The molecule has 3 aromatic rings. The quantitative estimate of drug-likeness (QED) is 0.481. The zero-order valence-corrected chi connectivity index (χ0v) is 14.9. The van der Waals surface area contributed by atoms with Crippen molar-refractivity contribution >= 4 is 60.3 Å². The number of anilines is 1. The minimum absolute atomic E-state index is 0.183. The smallest absolute Gasteiger partial charge is 0.248 e. The first-order valence-electron chi connectivity index (χ1n) is 6.60. The van der Waals surface area contributed by atoms with Crippen LogP contribution in [0.15, 0.2) is 51.8 Å². The molecule has 1 aromatic heterocycles. The van der Waals surface area contributed by atoms with E-state index in [0.717, 1.165) is 19.6 Å². The summed E-state index contributed by atoms with van der Waals surface area (Å²) in [6.45, 7) is 0. The minimum atomic E-state index is -0.289. The average Bonchev–Trinajstić information content (AvgIpc) is 2.97. The number of aromatic nitrogens is 1. The van der Waals surface area contributed by atoms with Crippen molar-refractivity contribution in [3.05, 3.63) is 52.8 Å². The molecule has 118 valence electrons. The van der Waals surface area contributed by atoms with E-state index in [9.17, 15) is 9.18 Å². The number of carbonyl (C=O) groups excluding carboxylic acids is 1. The van der Waals surface area contributed by atoms with E-state index in [-0.39, 0.29) is 17.5 Å². The number of hydrogen-bond donors (Lipinski definition) is 2. The number of hydrazine groups is 1. The molecule has 0 saturated heterocycles. The number of halogens is 2. The lowest BCUT2D eigenvalue weighted by atomic mass is 10.3. The summed E-state index contributed by atoms with van der Waals surface area (Å²) in [4.78, 5) is 17.1. The number of thiazole rings is 1. The van der Waals surface area contributed by atoms with Crippen LogP contribution in [-0.4, -0.2) is 16.6 Å². The average molecular weight is 412 g/mol. The van der Waals surface area contributed by atoms with E-state index in [0.29, 0.717) is 5.13 Å². The zero-order valence-electron chi connectivity index (χ0n) is 11.7. The van der Waals surface area contributed by atoms with Gasteiger partial charge in [0.1, 0.15) is 5.82 Å². The number of rotatable bonds is 5. The number of carbonyl (C=O) groups is 1. The Morgan fingerprint density at radius 3 is 2.78 bits per heavy atom. The number of benzene rings is 2. The highest BCUT2D eigenvalue weighted by molar-refractivity contribution is 9.10. The van der Waals surface area contributed by atoms with Gasteiger partial charge in [-0.2, -0.15) is 0 Å². The fourth-order valence-corrected chi connectivity index (χ4v) is 3.94. The SMILES string of the molecule is O=C(CSc1ccc(F)cc1)NNc1nc2c(Br)cccc2s1. The van der Waals surface area contributed by atoms with Crippen molar-refractivity contribution in [3.63, 3.8) is 0 Å². The molecule has 2 N–H and O–H groups in total. The van der Waals surface area contributed by atoms with Gasteiger partial charge in [-0.05, 0) is 52.3 Å². The van der Waals surface area contributed by atoms with Crippen molar-refractivity contribution in [1.82, 2.24) is 10.4 Å². The molecule has 0 bridgehead atoms. The number of fused-ring (bicyclic) bond motifs is 1. The highest BCUT2D eigenvalue weighted by Crippen LogP contribution is 2.30. The second-order valence-corrected chi connectivity index (χ2v) is 7.46. The standard InChI is InChI=1S/C15H11BrFN3OS2/c16-11-2-1-3-12-14(11)18-15(23-12)20-19-13(21)8-22-10-6-4-9(17)5-7-10/h1-7H,8H2,(H,18,20)(H,19,21). The van der Waals surface area contributed by atoms with E-state index in [4.69, 9.17) is 0 Å². The van der Waals surface area contributed by atoms with Crippen molar-refractivity contribution in [3.8, 4) is 0 Å². The van der Waals surface area contributed by atoms with Crippen LogP contribution in [0, 0.1) is 5.82 Å². The number of hydrogen-bond acceptors (Lipinski definition) is 5. The maximum atomic E-state index is 12.8. The van der Waals surface area contributed by atoms with Crippen LogP contribution in [0.3, 0.4) is 0 Å². The van der Waals surface area contributed by atoms with E-state index >= 15 is 0 Å². The summed E-state index contributed by atoms with van der Waals surface area (Å²) >= 11 is 6.24. The van der Waals surface area contributed by atoms with Crippen LogP contribution in [-0.2, 0) is 4.79 Å². The van der Waals surface area contributed by atoms with Gasteiger partial charge in [0.2, 0.25) is 11.0 Å². The molecule has 3 rings (SSSR count). The maximum absolute atomic E-state index is 12.8. The lowest BCUT2D eigenvalue weighted by Crippen LogP contribution is -2.30.